The summed E-state index contributed by atoms with van der Waals surface area (Å²) in [6.07, 6.45) is 4.92. The Morgan fingerprint density at radius 3 is 2.50 bits per heavy atom. The van der Waals surface area contributed by atoms with E-state index in [1.54, 1.807) is 12.1 Å². The second-order valence-corrected chi connectivity index (χ2v) is 17.8. The first kappa shape index (κ1) is 38.2. The fraction of sp³-hybridized carbons (Fsp3) is 0.649. The normalized spacial score (nSPS) is 25.5. The van der Waals surface area contributed by atoms with Crippen LogP contribution in [-0.2, 0) is 38.4 Å². The average Bonchev–Trinajstić information content (AvgIpc) is 3.75. The van der Waals surface area contributed by atoms with Gasteiger partial charge in [0.05, 0.1) is 53.3 Å². The van der Waals surface area contributed by atoms with Crippen LogP contribution >= 0.6 is 11.3 Å². The molecule has 3 saturated carbocycles. The summed E-state index contributed by atoms with van der Waals surface area (Å²) in [6.45, 7) is 11.7. The molecule has 1 N–H and O–H groups in total. The van der Waals surface area contributed by atoms with Gasteiger partial charge in [0.1, 0.15) is 18.0 Å². The highest BCUT2D eigenvalue weighted by Gasteiger charge is 2.61. The molecule has 2 aromatic heterocycles. The first-order valence-electron chi connectivity index (χ1n) is 18.2. The van der Waals surface area contributed by atoms with E-state index in [-0.39, 0.29) is 44.2 Å². The van der Waals surface area contributed by atoms with E-state index in [9.17, 15) is 27.6 Å². The molecule has 52 heavy (non-hydrogen) atoms. The number of ketones is 1. The molecule has 3 heterocycles. The molecule has 2 aromatic rings. The Balaban J connectivity index is 1.27. The van der Waals surface area contributed by atoms with Crippen molar-refractivity contribution in [3.05, 3.63) is 30.2 Å². The number of ether oxygens (including phenoxy) is 3. The minimum atomic E-state index is -4.37. The maximum absolute atomic E-state index is 14.6. The lowest BCUT2D eigenvalue weighted by Crippen LogP contribution is -2.48. The third-order valence-electron chi connectivity index (χ3n) is 10.5. The number of carbonyl (C=O) groups is 4. The van der Waals surface area contributed by atoms with Crippen LogP contribution in [0.4, 0.5) is 0 Å². The molecule has 1 aliphatic heterocycles. The summed E-state index contributed by atoms with van der Waals surface area (Å²) < 4.78 is 51.0. The number of likely N-dealkylation sites (tertiary alicyclic amines) is 1. The first-order chi connectivity index (χ1) is 24.6. The van der Waals surface area contributed by atoms with Crippen molar-refractivity contribution in [1.82, 2.24) is 14.6 Å². The van der Waals surface area contributed by atoms with Crippen molar-refractivity contribution in [3.63, 3.8) is 0 Å². The van der Waals surface area contributed by atoms with Gasteiger partial charge in [-0.2, -0.15) is 8.42 Å². The van der Waals surface area contributed by atoms with Crippen LogP contribution in [0, 0.1) is 22.7 Å². The number of nitrogens with one attached hydrogen (secondary N) is 1. The number of nitrogens with zero attached hydrogens (tertiary/aromatic N) is 2. The number of hydrogen-bond donors (Lipinski definition) is 1. The average molecular weight is 760 g/mol. The quantitative estimate of drug-likeness (QED) is 0.175. The highest BCUT2D eigenvalue weighted by molar-refractivity contribution is 7.85. The lowest BCUT2D eigenvalue weighted by molar-refractivity contribution is -0.156. The number of rotatable bonds is 16. The molecule has 0 aromatic carbocycles. The number of amides is 2. The Bertz CT molecular complexity index is 1810. The van der Waals surface area contributed by atoms with Gasteiger partial charge in [0.2, 0.25) is 17.7 Å². The standard InChI is InChI=1S/C37H49N3O10S2/c1-6-22-19-37(22,35(44)39-52(45,46)50-24-12-13-24)20-29(41)28-16-25(48-30-18-31(47-7-2)38-27-14-15-51-33(27)30)21-40(28)34(43)26(36(3,4)5)17-32(42)49-23-10-8-9-11-23/h6,14-15,18,22-26,28H,1,7-13,16-17,19-21H2,2-5H3,(H,39,44)/t22-,25-,26-,28+,37-/m1/s1. The maximum atomic E-state index is 14.6. The number of allylic oxidation sites excluding steroid dienone is 1. The van der Waals surface area contributed by atoms with E-state index in [0.29, 0.717) is 36.6 Å². The summed E-state index contributed by atoms with van der Waals surface area (Å²) in [7, 11) is -4.37. The van der Waals surface area contributed by atoms with Crippen molar-refractivity contribution in [3.8, 4) is 11.6 Å². The van der Waals surface area contributed by atoms with Gasteiger partial charge in [-0.3, -0.25) is 23.4 Å². The van der Waals surface area contributed by atoms with Gasteiger partial charge >= 0.3 is 16.3 Å². The summed E-state index contributed by atoms with van der Waals surface area (Å²) in [4.78, 5) is 61.7. The summed E-state index contributed by atoms with van der Waals surface area (Å²) in [6, 6.07) is 2.55. The third kappa shape index (κ3) is 8.62. The Hall–Kier alpha value is -3.56. The second kappa shape index (κ2) is 15.1. The van der Waals surface area contributed by atoms with E-state index in [1.807, 2.05) is 43.9 Å². The van der Waals surface area contributed by atoms with E-state index in [1.165, 1.54) is 16.2 Å². The number of fused-ring (bicyclic) bond motifs is 1. The number of thiophene rings is 1. The van der Waals surface area contributed by atoms with Crippen molar-refractivity contribution in [1.29, 1.82) is 0 Å². The van der Waals surface area contributed by atoms with Crippen LogP contribution in [0.5, 0.6) is 11.6 Å². The molecule has 0 bridgehead atoms. The van der Waals surface area contributed by atoms with Gasteiger partial charge in [0.15, 0.2) is 5.78 Å². The van der Waals surface area contributed by atoms with Crippen molar-refractivity contribution in [2.75, 3.05) is 13.2 Å². The lowest BCUT2D eigenvalue weighted by atomic mass is 9.77. The second-order valence-electron chi connectivity index (χ2n) is 15.6. The molecule has 3 aliphatic carbocycles. The number of pyridine rings is 1. The summed E-state index contributed by atoms with van der Waals surface area (Å²) in [5, 5.41) is 1.89. The fourth-order valence-electron chi connectivity index (χ4n) is 7.39. The zero-order chi connectivity index (χ0) is 37.4. The minimum absolute atomic E-state index is 0.0480. The van der Waals surface area contributed by atoms with Gasteiger partial charge in [-0.05, 0) is 74.6 Å². The van der Waals surface area contributed by atoms with Crippen LogP contribution in [0.25, 0.3) is 10.2 Å². The predicted molar refractivity (Wildman–Crippen MR) is 193 cm³/mol. The minimum Gasteiger partial charge on any atom is -0.487 e. The zero-order valence-corrected chi connectivity index (χ0v) is 31.9. The van der Waals surface area contributed by atoms with E-state index in [0.717, 1.165) is 30.4 Å². The van der Waals surface area contributed by atoms with E-state index >= 15 is 0 Å². The molecule has 6 rings (SSSR count). The Labute approximate surface area is 309 Å². The van der Waals surface area contributed by atoms with Crippen LogP contribution in [-0.4, -0.2) is 79.4 Å². The van der Waals surface area contributed by atoms with Gasteiger partial charge < -0.3 is 19.1 Å². The molecule has 0 spiro atoms. The van der Waals surface area contributed by atoms with Crippen molar-refractivity contribution < 1.29 is 46.0 Å². The van der Waals surface area contributed by atoms with Gasteiger partial charge in [-0.25, -0.2) is 9.71 Å². The van der Waals surface area contributed by atoms with E-state index in [2.05, 4.69) is 11.6 Å². The SMILES string of the molecule is C=C[C@@H]1C[C@]1(CC(=O)[C@@H]1C[C@@H](Oc2cc(OCC)nc3ccsc23)CN1C(=O)[C@@H](CC(=O)OC1CCCC1)C(C)(C)C)C(=O)NS(=O)(=O)OC1CC1. The molecule has 284 valence electrons. The predicted octanol–water partition coefficient (Wildman–Crippen LogP) is 5.27. The molecule has 4 fully saturated rings. The number of hydrogen-bond acceptors (Lipinski definition) is 12. The number of carbonyl (C=O) groups excluding carboxylic acids is 4. The monoisotopic (exact) mass is 759 g/mol. The number of Topliss-reactive ketones (excluding diaryl/α,β-unsaturated/α-hetero) is 1. The van der Waals surface area contributed by atoms with Crippen LogP contribution in [0.2, 0.25) is 0 Å². The summed E-state index contributed by atoms with van der Waals surface area (Å²) in [5.41, 5.74) is -1.34. The lowest BCUT2D eigenvalue weighted by Gasteiger charge is -2.35. The number of aromatic nitrogens is 1. The van der Waals surface area contributed by atoms with Crippen LogP contribution in [0.3, 0.4) is 0 Å². The fourth-order valence-corrected chi connectivity index (χ4v) is 9.21. The van der Waals surface area contributed by atoms with E-state index < -0.39 is 68.9 Å². The third-order valence-corrected chi connectivity index (χ3v) is 12.4. The van der Waals surface area contributed by atoms with Crippen molar-refractivity contribution in [2.45, 2.75) is 116 Å². The smallest absolute Gasteiger partial charge is 0.362 e. The molecule has 5 atom stereocenters. The largest absolute Gasteiger partial charge is 0.487 e. The van der Waals surface area contributed by atoms with Gasteiger partial charge in [-0.1, -0.05) is 26.8 Å². The van der Waals surface area contributed by atoms with E-state index in [4.69, 9.17) is 18.4 Å². The zero-order valence-electron chi connectivity index (χ0n) is 30.3. The molecular formula is C37H49N3O10S2. The molecule has 15 heteroatoms. The van der Waals surface area contributed by atoms with Crippen LogP contribution < -0.4 is 14.2 Å². The van der Waals surface area contributed by atoms with Crippen molar-refractivity contribution >= 4 is 55.4 Å². The summed E-state index contributed by atoms with van der Waals surface area (Å²) >= 11 is 1.45. The summed E-state index contributed by atoms with van der Waals surface area (Å²) in [5.74, 6) is -2.45. The van der Waals surface area contributed by atoms with Crippen LogP contribution in [0.1, 0.15) is 91.9 Å². The first-order valence-corrected chi connectivity index (χ1v) is 20.5. The Kier molecular flexibility index (Phi) is 11.1. The highest BCUT2D eigenvalue weighted by atomic mass is 32.2. The Morgan fingerprint density at radius 2 is 1.87 bits per heavy atom. The molecule has 1 saturated heterocycles. The maximum Gasteiger partial charge on any atom is 0.362 e. The van der Waals surface area contributed by atoms with Gasteiger partial charge in [0, 0.05) is 18.9 Å². The highest BCUT2D eigenvalue weighted by Crippen LogP contribution is 2.57. The molecular weight excluding hydrogens is 711 g/mol. The van der Waals surface area contributed by atoms with Gasteiger partial charge in [-0.15, -0.1) is 17.9 Å². The molecule has 0 radical (unpaired) electrons. The topological polar surface area (TPSA) is 168 Å². The van der Waals surface area contributed by atoms with Crippen LogP contribution in [0.15, 0.2) is 30.2 Å². The number of esters is 1. The van der Waals surface area contributed by atoms with Crippen molar-refractivity contribution in [2.24, 2.45) is 22.7 Å². The molecule has 2 amide bonds. The Morgan fingerprint density at radius 1 is 1.13 bits per heavy atom. The molecule has 0 unspecified atom stereocenters. The van der Waals surface area contributed by atoms with Gasteiger partial charge in [0.25, 0.3) is 0 Å². The molecule has 13 nitrogen and oxygen atoms in total. The molecule has 4 aliphatic rings.